The van der Waals surface area contributed by atoms with Gasteiger partial charge in [-0.15, -0.1) is 0 Å². The number of aliphatic hydroxyl groups excluding tert-OH is 2. The van der Waals surface area contributed by atoms with E-state index in [1.165, 1.54) is 31.9 Å². The molecule has 0 bridgehead atoms. The summed E-state index contributed by atoms with van der Waals surface area (Å²) in [5.41, 5.74) is 2.39. The van der Waals surface area contributed by atoms with E-state index < -0.39 is 6.10 Å². The highest BCUT2D eigenvalue weighted by atomic mass is 16.6. The Balaban J connectivity index is 1.45. The zero-order valence-electron chi connectivity index (χ0n) is 17.8. The van der Waals surface area contributed by atoms with Gasteiger partial charge < -0.3 is 19.7 Å². The molecule has 1 aromatic carbocycles. The quantitative estimate of drug-likeness (QED) is 0.551. The number of esters is 1. The fourth-order valence-electron chi connectivity index (χ4n) is 5.81. The van der Waals surface area contributed by atoms with E-state index in [0.29, 0.717) is 17.8 Å². The van der Waals surface area contributed by atoms with Crippen molar-refractivity contribution in [3.8, 4) is 5.75 Å². The number of carbonyl (C=O) groups excluding carboxylic acids is 1. The molecule has 1 aromatic rings. The van der Waals surface area contributed by atoms with Crippen molar-refractivity contribution in [2.24, 2.45) is 23.7 Å². The van der Waals surface area contributed by atoms with Gasteiger partial charge in [-0.3, -0.25) is 0 Å². The molecule has 2 fully saturated rings. The summed E-state index contributed by atoms with van der Waals surface area (Å²) in [4.78, 5) is 11.5. The summed E-state index contributed by atoms with van der Waals surface area (Å²) >= 11 is 0. The third kappa shape index (κ3) is 4.57. The molecular weight excluding hydrogens is 380 g/mol. The molecule has 2 saturated carbocycles. The molecule has 0 aliphatic heterocycles. The lowest BCUT2D eigenvalue weighted by Gasteiger charge is -2.31. The largest absolute Gasteiger partial charge is 0.482 e. The first-order valence-corrected chi connectivity index (χ1v) is 11.4. The van der Waals surface area contributed by atoms with Gasteiger partial charge in [0, 0.05) is 5.92 Å². The highest BCUT2D eigenvalue weighted by molar-refractivity contribution is 5.71. The van der Waals surface area contributed by atoms with E-state index in [9.17, 15) is 15.0 Å². The van der Waals surface area contributed by atoms with E-state index in [-0.39, 0.29) is 24.6 Å². The zero-order chi connectivity index (χ0) is 21.1. The molecule has 0 aromatic heterocycles. The number of carbonyl (C=O) groups is 1. The molecule has 5 heteroatoms. The summed E-state index contributed by atoms with van der Waals surface area (Å²) in [5, 5.41) is 21.4. The van der Waals surface area contributed by atoms with Crippen molar-refractivity contribution in [3.63, 3.8) is 0 Å². The lowest BCUT2D eigenvalue weighted by atomic mass is 9.74. The molecule has 0 radical (unpaired) electrons. The van der Waals surface area contributed by atoms with Gasteiger partial charge in [0.1, 0.15) is 5.75 Å². The van der Waals surface area contributed by atoms with Gasteiger partial charge in [-0.05, 0) is 67.1 Å². The molecule has 0 spiro atoms. The third-order valence-corrected chi connectivity index (χ3v) is 7.48. The van der Waals surface area contributed by atoms with Crippen LogP contribution >= 0.6 is 0 Å². The number of methoxy groups -OCH3 is 1. The summed E-state index contributed by atoms with van der Waals surface area (Å²) in [5.74, 6) is 1.57. The highest BCUT2D eigenvalue weighted by Crippen LogP contribution is 2.47. The minimum Gasteiger partial charge on any atom is -0.482 e. The first-order valence-electron chi connectivity index (χ1n) is 11.4. The number of ether oxygens (including phenoxy) is 2. The Bertz CT molecular complexity index is 767. The van der Waals surface area contributed by atoms with Crippen LogP contribution in [0.5, 0.6) is 5.75 Å². The summed E-state index contributed by atoms with van der Waals surface area (Å²) in [6, 6.07) is 6.00. The van der Waals surface area contributed by atoms with E-state index in [1.807, 2.05) is 18.2 Å². The second kappa shape index (κ2) is 9.52. The number of benzene rings is 1. The Morgan fingerprint density at radius 3 is 2.80 bits per heavy atom. The molecule has 5 atom stereocenters. The van der Waals surface area contributed by atoms with Crippen LogP contribution in [0.1, 0.15) is 49.7 Å². The molecule has 0 saturated heterocycles. The van der Waals surface area contributed by atoms with Gasteiger partial charge in [0.2, 0.25) is 0 Å². The minimum atomic E-state index is -0.397. The number of hydrogen-bond donors (Lipinski definition) is 2. The second-order valence-corrected chi connectivity index (χ2v) is 9.24. The van der Waals surface area contributed by atoms with E-state index >= 15 is 0 Å². The normalized spacial score (nSPS) is 30.0. The summed E-state index contributed by atoms with van der Waals surface area (Å²) in [6.07, 6.45) is 11.7. The SMILES string of the molecule is COC(=O)COc1cccc2c1C[C@H]1C[C@@H](O)[C@H](/C=C/[C@@H](O)C3CCCCC3)[C@H]1C2. The van der Waals surface area contributed by atoms with Crippen molar-refractivity contribution in [2.75, 3.05) is 13.7 Å². The predicted molar refractivity (Wildman–Crippen MR) is 114 cm³/mol. The van der Waals surface area contributed by atoms with Gasteiger partial charge in [0.25, 0.3) is 0 Å². The van der Waals surface area contributed by atoms with Gasteiger partial charge in [-0.25, -0.2) is 4.79 Å². The highest BCUT2D eigenvalue weighted by Gasteiger charge is 2.44. The molecule has 0 heterocycles. The van der Waals surface area contributed by atoms with Crippen LogP contribution in [0, 0.1) is 23.7 Å². The van der Waals surface area contributed by atoms with Crippen molar-refractivity contribution in [1.29, 1.82) is 0 Å². The molecule has 0 amide bonds. The van der Waals surface area contributed by atoms with Crippen LogP contribution in [0.2, 0.25) is 0 Å². The second-order valence-electron chi connectivity index (χ2n) is 9.24. The molecule has 164 valence electrons. The van der Waals surface area contributed by atoms with Crippen LogP contribution in [0.3, 0.4) is 0 Å². The lowest BCUT2D eigenvalue weighted by Crippen LogP contribution is -2.27. The number of fused-ring (bicyclic) bond motifs is 2. The van der Waals surface area contributed by atoms with Gasteiger partial charge in [-0.1, -0.05) is 43.5 Å². The Kier molecular flexibility index (Phi) is 6.79. The fraction of sp³-hybridized carbons (Fsp3) is 0.640. The maximum absolute atomic E-state index is 11.5. The molecule has 3 aliphatic carbocycles. The maximum atomic E-state index is 11.5. The summed E-state index contributed by atoms with van der Waals surface area (Å²) in [7, 11) is 1.36. The number of aliphatic hydroxyl groups is 2. The van der Waals surface area contributed by atoms with Crippen molar-refractivity contribution in [1.82, 2.24) is 0 Å². The minimum absolute atomic E-state index is 0.0843. The monoisotopic (exact) mass is 414 g/mol. The van der Waals surface area contributed by atoms with Crippen LogP contribution in [-0.4, -0.2) is 42.1 Å². The Morgan fingerprint density at radius 2 is 2.03 bits per heavy atom. The first-order chi connectivity index (χ1) is 14.6. The van der Waals surface area contributed by atoms with Gasteiger partial charge >= 0.3 is 5.97 Å². The molecule has 4 rings (SSSR count). The summed E-state index contributed by atoms with van der Waals surface area (Å²) in [6.45, 7) is -0.0892. The predicted octanol–water partition coefficient (Wildman–Crippen LogP) is 3.45. The van der Waals surface area contributed by atoms with Gasteiger partial charge in [-0.2, -0.15) is 0 Å². The Hall–Kier alpha value is -1.85. The van der Waals surface area contributed by atoms with E-state index in [1.54, 1.807) is 0 Å². The molecule has 30 heavy (non-hydrogen) atoms. The zero-order valence-corrected chi connectivity index (χ0v) is 17.8. The standard InChI is InChI=1S/C25H34O5/c1-29-25(28)15-30-24-9-5-8-17-12-20-18(13-21(17)24)14-23(27)19(20)10-11-22(26)16-6-3-2-4-7-16/h5,8-11,16,18-20,22-23,26-27H,2-4,6-7,12-15H2,1H3/b11-10+/t18-,19+,20-,22+,23+/m0/s1. The van der Waals surface area contributed by atoms with Crippen LogP contribution in [0.15, 0.2) is 30.4 Å². The summed E-state index contributed by atoms with van der Waals surface area (Å²) < 4.78 is 10.4. The van der Waals surface area contributed by atoms with E-state index in [0.717, 1.165) is 43.4 Å². The van der Waals surface area contributed by atoms with Crippen molar-refractivity contribution >= 4 is 5.97 Å². The molecular formula is C25H34O5. The van der Waals surface area contributed by atoms with Crippen LogP contribution < -0.4 is 4.74 Å². The van der Waals surface area contributed by atoms with Gasteiger partial charge in [0.05, 0.1) is 19.3 Å². The van der Waals surface area contributed by atoms with Crippen molar-refractivity contribution in [2.45, 2.75) is 63.6 Å². The molecule has 2 N–H and O–H groups in total. The number of rotatable bonds is 6. The van der Waals surface area contributed by atoms with E-state index in [4.69, 9.17) is 4.74 Å². The average Bonchev–Trinajstić information content (AvgIpc) is 3.08. The molecule has 0 unspecified atom stereocenters. The lowest BCUT2D eigenvalue weighted by molar-refractivity contribution is -0.142. The maximum Gasteiger partial charge on any atom is 0.343 e. The van der Waals surface area contributed by atoms with Crippen LogP contribution in [-0.2, 0) is 22.4 Å². The third-order valence-electron chi connectivity index (χ3n) is 7.48. The van der Waals surface area contributed by atoms with Crippen LogP contribution in [0.4, 0.5) is 0 Å². The fourth-order valence-corrected chi connectivity index (χ4v) is 5.81. The topological polar surface area (TPSA) is 76.0 Å². The van der Waals surface area contributed by atoms with Crippen molar-refractivity contribution in [3.05, 3.63) is 41.5 Å². The molecule has 3 aliphatic rings. The molecule has 5 nitrogen and oxygen atoms in total. The van der Waals surface area contributed by atoms with Crippen LogP contribution in [0.25, 0.3) is 0 Å². The Labute approximate surface area is 179 Å². The van der Waals surface area contributed by atoms with E-state index in [2.05, 4.69) is 16.9 Å². The average molecular weight is 415 g/mol. The van der Waals surface area contributed by atoms with Gasteiger partial charge in [0.15, 0.2) is 6.61 Å². The Morgan fingerprint density at radius 1 is 1.23 bits per heavy atom. The smallest absolute Gasteiger partial charge is 0.343 e. The first kappa shape index (κ1) is 21.4. The number of hydrogen-bond acceptors (Lipinski definition) is 5. The van der Waals surface area contributed by atoms with Crippen molar-refractivity contribution < 1.29 is 24.5 Å².